The maximum absolute atomic E-state index is 6.79. The number of para-hydroxylation sites is 2. The minimum absolute atomic E-state index is 0.153. The smallest absolute Gasteiger partial charge is 0.136 e. The minimum Gasteiger partial charge on any atom is -0.456 e. The van der Waals surface area contributed by atoms with Crippen LogP contribution in [-0.2, 0) is 0 Å². The van der Waals surface area contributed by atoms with Crippen LogP contribution in [0.1, 0.15) is 35.2 Å². The van der Waals surface area contributed by atoms with Crippen LogP contribution in [0.3, 0.4) is 0 Å². The Bertz CT molecular complexity index is 3350. The molecule has 0 bridgehead atoms. The molecule has 3 aromatic heterocycles. The summed E-state index contributed by atoms with van der Waals surface area (Å²) < 4.78 is 9.16. The van der Waals surface area contributed by atoms with Crippen LogP contribution in [0.4, 0.5) is 0 Å². The molecule has 6 heteroatoms. The molecule has 1 aliphatic rings. The summed E-state index contributed by atoms with van der Waals surface area (Å²) in [6.45, 7) is 0. The topological polar surface area (TPSA) is 67.0 Å². The van der Waals surface area contributed by atoms with Crippen molar-refractivity contribution in [2.45, 2.75) is 18.5 Å². The molecule has 11 aromatic rings. The van der Waals surface area contributed by atoms with Gasteiger partial charge in [-0.3, -0.25) is 20.9 Å². The van der Waals surface area contributed by atoms with Gasteiger partial charge in [0.2, 0.25) is 0 Å². The van der Waals surface area contributed by atoms with Crippen LogP contribution in [0.25, 0.3) is 82.9 Å². The van der Waals surface area contributed by atoms with E-state index in [1.54, 1.807) is 0 Å². The predicted octanol–water partition coefficient (Wildman–Crippen LogP) is 13.3. The van der Waals surface area contributed by atoms with Gasteiger partial charge in [0.15, 0.2) is 0 Å². The molecular formula is C56H41N5O. The van der Waals surface area contributed by atoms with Gasteiger partial charge < -0.3 is 8.98 Å². The lowest BCUT2D eigenvalue weighted by Gasteiger charge is -2.40. The normalized spacial score (nSPS) is 16.7. The van der Waals surface area contributed by atoms with Gasteiger partial charge in [-0.2, -0.15) is 0 Å². The summed E-state index contributed by atoms with van der Waals surface area (Å²) in [5, 5.41) is 16.3. The van der Waals surface area contributed by atoms with Gasteiger partial charge in [0.1, 0.15) is 11.2 Å². The van der Waals surface area contributed by atoms with E-state index >= 15 is 0 Å². The first kappa shape index (κ1) is 36.3. The second-order valence-electron chi connectivity index (χ2n) is 16.0. The SMILES string of the molecule is c1ccc(-c2cccc(-c3cnc(-c4cccc5oc6ccc7c(c8ccccc8n7-c7ccccc7)c6c45)c(C4NC(c5ccccc5)NC(c5ccccc5)N4)c3)c2)cc1. The molecule has 2 atom stereocenters. The number of aromatic nitrogens is 2. The Hall–Kier alpha value is -7.61. The van der Waals surface area contributed by atoms with E-state index in [4.69, 9.17) is 9.40 Å². The molecule has 1 aliphatic heterocycles. The largest absolute Gasteiger partial charge is 0.456 e. The number of fused-ring (bicyclic) bond motifs is 7. The molecule has 0 radical (unpaired) electrons. The number of pyridine rings is 1. The maximum atomic E-state index is 6.79. The second kappa shape index (κ2) is 15.1. The van der Waals surface area contributed by atoms with Crippen LogP contribution in [0.15, 0.2) is 217 Å². The Labute approximate surface area is 359 Å². The summed E-state index contributed by atoms with van der Waals surface area (Å²) in [7, 11) is 0. The Kier molecular flexibility index (Phi) is 8.85. The molecule has 2 unspecified atom stereocenters. The average Bonchev–Trinajstić information content (AvgIpc) is 3.91. The van der Waals surface area contributed by atoms with Gasteiger partial charge in [0.05, 0.1) is 35.2 Å². The number of benzene rings is 8. The molecule has 296 valence electrons. The van der Waals surface area contributed by atoms with Crippen LogP contribution in [0.5, 0.6) is 0 Å². The lowest BCUT2D eigenvalue weighted by molar-refractivity contribution is 0.203. The Balaban J connectivity index is 1.10. The van der Waals surface area contributed by atoms with E-state index in [-0.39, 0.29) is 18.5 Å². The maximum Gasteiger partial charge on any atom is 0.136 e. The molecule has 0 saturated carbocycles. The summed E-state index contributed by atoms with van der Waals surface area (Å²) in [5.41, 5.74) is 14.8. The first-order valence-electron chi connectivity index (χ1n) is 21.2. The van der Waals surface area contributed by atoms with Gasteiger partial charge >= 0.3 is 0 Å². The third-order valence-electron chi connectivity index (χ3n) is 12.4. The highest BCUT2D eigenvalue weighted by molar-refractivity contribution is 6.29. The fourth-order valence-electron chi connectivity index (χ4n) is 9.51. The van der Waals surface area contributed by atoms with Crippen molar-refractivity contribution in [2.75, 3.05) is 0 Å². The Morgan fingerprint density at radius 2 is 1.00 bits per heavy atom. The van der Waals surface area contributed by atoms with Crippen molar-refractivity contribution in [3.63, 3.8) is 0 Å². The van der Waals surface area contributed by atoms with E-state index in [9.17, 15) is 0 Å². The van der Waals surface area contributed by atoms with Crippen molar-refractivity contribution in [1.29, 1.82) is 0 Å². The molecule has 4 heterocycles. The zero-order valence-electron chi connectivity index (χ0n) is 33.7. The first-order valence-corrected chi connectivity index (χ1v) is 21.2. The fourth-order valence-corrected chi connectivity index (χ4v) is 9.51. The first-order chi connectivity index (χ1) is 30.7. The van der Waals surface area contributed by atoms with Crippen LogP contribution in [-0.4, -0.2) is 9.55 Å². The standard InChI is InChI=1S/C56H41N5O/c1-5-17-36(18-6-1)39-23-15-24-40(33-39)41-34-45(56-59-54(37-19-7-2-8-20-37)58-55(60-56)38-21-9-3-10-22-38)53(57-35-41)44-28-16-30-48-51(44)52-49(62-48)32-31-47-50(52)43-27-13-14-29-46(43)61(47)42-25-11-4-12-26-42/h1-35,54-56,58-60H. The van der Waals surface area contributed by atoms with E-state index in [1.807, 2.05) is 6.20 Å². The summed E-state index contributed by atoms with van der Waals surface area (Å²) >= 11 is 0. The van der Waals surface area contributed by atoms with Crippen LogP contribution in [0.2, 0.25) is 0 Å². The van der Waals surface area contributed by atoms with Crippen LogP contribution in [0, 0.1) is 0 Å². The van der Waals surface area contributed by atoms with Crippen molar-refractivity contribution in [2.24, 2.45) is 0 Å². The highest BCUT2D eigenvalue weighted by Gasteiger charge is 2.32. The molecule has 0 amide bonds. The molecule has 6 nitrogen and oxygen atoms in total. The summed E-state index contributed by atoms with van der Waals surface area (Å²) in [4.78, 5) is 5.48. The average molecular weight is 800 g/mol. The number of furan rings is 1. The van der Waals surface area contributed by atoms with E-state index in [1.165, 1.54) is 10.9 Å². The van der Waals surface area contributed by atoms with E-state index in [2.05, 4.69) is 227 Å². The molecule has 1 saturated heterocycles. The Morgan fingerprint density at radius 1 is 0.419 bits per heavy atom. The highest BCUT2D eigenvalue weighted by atomic mass is 16.3. The Morgan fingerprint density at radius 3 is 1.73 bits per heavy atom. The third kappa shape index (κ3) is 6.20. The molecule has 0 spiro atoms. The van der Waals surface area contributed by atoms with Crippen molar-refractivity contribution in [3.8, 4) is 39.2 Å². The van der Waals surface area contributed by atoms with E-state index in [0.717, 1.165) is 88.7 Å². The number of hydrogen-bond acceptors (Lipinski definition) is 5. The highest BCUT2D eigenvalue weighted by Crippen LogP contribution is 2.45. The predicted molar refractivity (Wildman–Crippen MR) is 253 cm³/mol. The third-order valence-corrected chi connectivity index (χ3v) is 12.4. The second-order valence-corrected chi connectivity index (χ2v) is 16.0. The summed E-state index contributed by atoms with van der Waals surface area (Å²) in [6.07, 6.45) is 1.42. The molecule has 62 heavy (non-hydrogen) atoms. The van der Waals surface area contributed by atoms with Crippen molar-refractivity contribution < 1.29 is 4.42 Å². The monoisotopic (exact) mass is 799 g/mol. The van der Waals surface area contributed by atoms with Crippen LogP contribution >= 0.6 is 0 Å². The number of hydrogen-bond donors (Lipinski definition) is 3. The van der Waals surface area contributed by atoms with Gasteiger partial charge in [0, 0.05) is 50.1 Å². The molecule has 12 rings (SSSR count). The van der Waals surface area contributed by atoms with Gasteiger partial charge in [0.25, 0.3) is 0 Å². The minimum atomic E-state index is -0.306. The molecule has 8 aromatic carbocycles. The van der Waals surface area contributed by atoms with E-state index < -0.39 is 0 Å². The summed E-state index contributed by atoms with van der Waals surface area (Å²) in [5.74, 6) is 0. The van der Waals surface area contributed by atoms with Crippen molar-refractivity contribution in [3.05, 3.63) is 229 Å². The van der Waals surface area contributed by atoms with Gasteiger partial charge in [-0.25, -0.2) is 0 Å². The van der Waals surface area contributed by atoms with Crippen molar-refractivity contribution >= 4 is 43.7 Å². The number of nitrogens with zero attached hydrogens (tertiary/aromatic N) is 2. The zero-order chi connectivity index (χ0) is 41.0. The van der Waals surface area contributed by atoms with E-state index in [0.29, 0.717) is 0 Å². The quantitative estimate of drug-likeness (QED) is 0.150. The van der Waals surface area contributed by atoms with Gasteiger partial charge in [-0.05, 0) is 76.3 Å². The van der Waals surface area contributed by atoms with Crippen LogP contribution < -0.4 is 16.0 Å². The van der Waals surface area contributed by atoms with Gasteiger partial charge in [-0.15, -0.1) is 0 Å². The fraction of sp³-hybridized carbons (Fsp3) is 0.0536. The zero-order valence-corrected chi connectivity index (χ0v) is 33.7. The van der Waals surface area contributed by atoms with Gasteiger partial charge in [-0.1, -0.05) is 158 Å². The molecular weight excluding hydrogens is 759 g/mol. The molecule has 1 fully saturated rings. The summed E-state index contributed by atoms with van der Waals surface area (Å²) in [6, 6.07) is 72.9. The number of nitrogens with one attached hydrogen (secondary N) is 3. The number of rotatable bonds is 7. The lowest BCUT2D eigenvalue weighted by Crippen LogP contribution is -2.54. The molecule has 0 aliphatic carbocycles. The van der Waals surface area contributed by atoms with Crippen molar-refractivity contribution in [1.82, 2.24) is 25.5 Å². The lowest BCUT2D eigenvalue weighted by atomic mass is 9.93. The molecule has 3 N–H and O–H groups in total.